The fraction of sp³-hybridized carbons (Fsp3) is 0.250. The predicted octanol–water partition coefficient (Wildman–Crippen LogP) is 1.84. The molecule has 0 aliphatic carbocycles. The van der Waals surface area contributed by atoms with Gasteiger partial charge < -0.3 is 10.1 Å². The summed E-state index contributed by atoms with van der Waals surface area (Å²) < 4.78 is 5.35. The molecule has 3 heteroatoms. The van der Waals surface area contributed by atoms with E-state index in [4.69, 9.17) is 4.74 Å². The van der Waals surface area contributed by atoms with Gasteiger partial charge in [-0.05, 0) is 30.7 Å². The molecule has 80 valence electrons. The van der Waals surface area contributed by atoms with Crippen molar-refractivity contribution in [1.82, 2.24) is 5.32 Å². The Labute approximate surface area is 89.8 Å². The van der Waals surface area contributed by atoms with Gasteiger partial charge in [0, 0.05) is 13.1 Å². The summed E-state index contributed by atoms with van der Waals surface area (Å²) in [6.45, 7) is 2.58. The van der Waals surface area contributed by atoms with E-state index in [9.17, 15) is 4.79 Å². The SMILES string of the molecule is CCOc1cccc(C=CC(=O)NC)c1. The summed E-state index contributed by atoms with van der Waals surface area (Å²) in [7, 11) is 1.60. The third-order valence-corrected chi connectivity index (χ3v) is 1.84. The number of carbonyl (C=O) groups is 1. The van der Waals surface area contributed by atoms with Crippen LogP contribution in [0.4, 0.5) is 0 Å². The molecule has 0 atom stereocenters. The minimum absolute atomic E-state index is 0.114. The lowest BCUT2D eigenvalue weighted by Crippen LogP contribution is -2.13. The standard InChI is InChI=1S/C12H15NO2/c1-3-15-11-6-4-5-10(9-11)7-8-12(14)13-2/h4-9H,3H2,1-2H3,(H,13,14). The third-order valence-electron chi connectivity index (χ3n) is 1.84. The Morgan fingerprint density at radius 2 is 2.33 bits per heavy atom. The van der Waals surface area contributed by atoms with Crippen molar-refractivity contribution in [3.8, 4) is 5.75 Å². The van der Waals surface area contributed by atoms with Crippen LogP contribution in [0.5, 0.6) is 5.75 Å². The van der Waals surface area contributed by atoms with Gasteiger partial charge in [-0.25, -0.2) is 0 Å². The molecule has 0 aliphatic rings. The maximum atomic E-state index is 11.0. The molecule has 0 saturated carbocycles. The number of hydrogen-bond acceptors (Lipinski definition) is 2. The lowest BCUT2D eigenvalue weighted by atomic mass is 10.2. The average molecular weight is 205 g/mol. The Morgan fingerprint density at radius 3 is 3.00 bits per heavy atom. The van der Waals surface area contributed by atoms with Crippen LogP contribution in [0.15, 0.2) is 30.3 Å². The molecule has 1 rings (SSSR count). The molecule has 0 fully saturated rings. The Bertz CT molecular complexity index is 358. The number of ether oxygens (including phenoxy) is 1. The first-order valence-corrected chi connectivity index (χ1v) is 4.89. The highest BCUT2D eigenvalue weighted by Crippen LogP contribution is 2.14. The highest BCUT2D eigenvalue weighted by molar-refractivity contribution is 5.91. The van der Waals surface area contributed by atoms with E-state index in [0.29, 0.717) is 6.61 Å². The minimum atomic E-state index is -0.114. The second kappa shape index (κ2) is 5.86. The summed E-state index contributed by atoms with van der Waals surface area (Å²) in [6.07, 6.45) is 3.24. The molecule has 0 radical (unpaired) electrons. The zero-order valence-electron chi connectivity index (χ0n) is 8.99. The zero-order valence-corrected chi connectivity index (χ0v) is 8.99. The Morgan fingerprint density at radius 1 is 1.53 bits per heavy atom. The van der Waals surface area contributed by atoms with E-state index in [-0.39, 0.29) is 5.91 Å². The Hall–Kier alpha value is -1.77. The number of nitrogens with one attached hydrogen (secondary N) is 1. The van der Waals surface area contributed by atoms with E-state index >= 15 is 0 Å². The van der Waals surface area contributed by atoms with Gasteiger partial charge in [0.1, 0.15) is 5.75 Å². The molecular formula is C12H15NO2. The fourth-order valence-electron chi connectivity index (χ4n) is 1.13. The van der Waals surface area contributed by atoms with Crippen LogP contribution in [0.25, 0.3) is 6.08 Å². The molecule has 1 N–H and O–H groups in total. The Kier molecular flexibility index (Phi) is 4.41. The molecule has 1 aromatic rings. The number of likely N-dealkylation sites (N-methyl/N-ethyl adjacent to an activating group) is 1. The zero-order chi connectivity index (χ0) is 11.1. The van der Waals surface area contributed by atoms with Crippen LogP contribution in [0.3, 0.4) is 0 Å². The van der Waals surface area contributed by atoms with Gasteiger partial charge in [-0.15, -0.1) is 0 Å². The van der Waals surface area contributed by atoms with E-state index < -0.39 is 0 Å². The maximum absolute atomic E-state index is 11.0. The first-order chi connectivity index (χ1) is 7.26. The van der Waals surface area contributed by atoms with Crippen LogP contribution < -0.4 is 10.1 Å². The van der Waals surface area contributed by atoms with Crippen LogP contribution >= 0.6 is 0 Å². The molecule has 0 aliphatic heterocycles. The van der Waals surface area contributed by atoms with E-state index in [0.717, 1.165) is 11.3 Å². The highest BCUT2D eigenvalue weighted by Gasteiger charge is 1.94. The van der Waals surface area contributed by atoms with Gasteiger partial charge in [-0.3, -0.25) is 4.79 Å². The number of amides is 1. The van der Waals surface area contributed by atoms with Gasteiger partial charge in [0.05, 0.1) is 6.61 Å². The monoisotopic (exact) mass is 205 g/mol. The molecule has 15 heavy (non-hydrogen) atoms. The lowest BCUT2D eigenvalue weighted by molar-refractivity contribution is -0.115. The number of hydrogen-bond donors (Lipinski definition) is 1. The molecule has 0 saturated heterocycles. The average Bonchev–Trinajstić information content (AvgIpc) is 2.27. The molecular weight excluding hydrogens is 190 g/mol. The first-order valence-electron chi connectivity index (χ1n) is 4.89. The summed E-state index contributed by atoms with van der Waals surface area (Å²) in [4.78, 5) is 11.0. The van der Waals surface area contributed by atoms with Gasteiger partial charge in [0.15, 0.2) is 0 Å². The second-order valence-electron chi connectivity index (χ2n) is 2.95. The van der Waals surface area contributed by atoms with Crippen LogP contribution in [0.2, 0.25) is 0 Å². The van der Waals surface area contributed by atoms with E-state index in [1.165, 1.54) is 6.08 Å². The summed E-state index contributed by atoms with van der Waals surface area (Å²) in [5.74, 6) is 0.702. The number of carbonyl (C=O) groups excluding carboxylic acids is 1. The van der Waals surface area contributed by atoms with Crippen molar-refractivity contribution >= 4 is 12.0 Å². The van der Waals surface area contributed by atoms with Crippen molar-refractivity contribution in [2.24, 2.45) is 0 Å². The van der Waals surface area contributed by atoms with Crippen LogP contribution in [-0.4, -0.2) is 19.6 Å². The quantitative estimate of drug-likeness (QED) is 0.762. The first kappa shape index (κ1) is 11.3. The fourth-order valence-corrected chi connectivity index (χ4v) is 1.13. The second-order valence-corrected chi connectivity index (χ2v) is 2.95. The molecule has 0 unspecified atom stereocenters. The van der Waals surface area contributed by atoms with Crippen molar-refractivity contribution in [2.75, 3.05) is 13.7 Å². The van der Waals surface area contributed by atoms with Crippen molar-refractivity contribution in [3.05, 3.63) is 35.9 Å². The Balaban J connectivity index is 2.73. The van der Waals surface area contributed by atoms with E-state index in [2.05, 4.69) is 5.32 Å². The molecule has 0 heterocycles. The van der Waals surface area contributed by atoms with Crippen LogP contribution in [-0.2, 0) is 4.79 Å². The van der Waals surface area contributed by atoms with Crippen molar-refractivity contribution < 1.29 is 9.53 Å². The third kappa shape index (κ3) is 3.85. The minimum Gasteiger partial charge on any atom is -0.494 e. The highest BCUT2D eigenvalue weighted by atomic mass is 16.5. The molecule has 3 nitrogen and oxygen atoms in total. The number of rotatable bonds is 4. The number of benzene rings is 1. The van der Waals surface area contributed by atoms with Gasteiger partial charge >= 0.3 is 0 Å². The summed E-state index contributed by atoms with van der Waals surface area (Å²) >= 11 is 0. The van der Waals surface area contributed by atoms with Gasteiger partial charge in [0.25, 0.3) is 0 Å². The molecule has 0 spiro atoms. The summed E-state index contributed by atoms with van der Waals surface area (Å²) in [5.41, 5.74) is 0.949. The van der Waals surface area contributed by atoms with E-state index in [1.807, 2.05) is 31.2 Å². The summed E-state index contributed by atoms with van der Waals surface area (Å²) in [5, 5.41) is 2.52. The van der Waals surface area contributed by atoms with Gasteiger partial charge in [-0.2, -0.15) is 0 Å². The largest absolute Gasteiger partial charge is 0.494 e. The van der Waals surface area contributed by atoms with Crippen LogP contribution in [0.1, 0.15) is 12.5 Å². The van der Waals surface area contributed by atoms with Crippen molar-refractivity contribution in [1.29, 1.82) is 0 Å². The topological polar surface area (TPSA) is 38.3 Å². The molecule has 0 aromatic heterocycles. The lowest BCUT2D eigenvalue weighted by Gasteiger charge is -2.02. The molecule has 1 aromatic carbocycles. The van der Waals surface area contributed by atoms with Gasteiger partial charge in [-0.1, -0.05) is 12.1 Å². The molecule has 0 bridgehead atoms. The maximum Gasteiger partial charge on any atom is 0.243 e. The van der Waals surface area contributed by atoms with E-state index in [1.54, 1.807) is 13.1 Å². The normalized spacial score (nSPS) is 10.3. The molecule has 1 amide bonds. The smallest absolute Gasteiger partial charge is 0.243 e. The van der Waals surface area contributed by atoms with Crippen molar-refractivity contribution in [2.45, 2.75) is 6.92 Å². The van der Waals surface area contributed by atoms with Gasteiger partial charge in [0.2, 0.25) is 5.91 Å². The van der Waals surface area contributed by atoms with Crippen LogP contribution in [0, 0.1) is 0 Å². The van der Waals surface area contributed by atoms with Crippen molar-refractivity contribution in [3.63, 3.8) is 0 Å². The summed E-state index contributed by atoms with van der Waals surface area (Å²) in [6, 6.07) is 7.60. The predicted molar refractivity (Wildman–Crippen MR) is 60.7 cm³/mol.